The van der Waals surface area contributed by atoms with Gasteiger partial charge in [-0.15, -0.1) is 5.10 Å². The van der Waals surface area contributed by atoms with E-state index in [9.17, 15) is 4.79 Å². The Kier molecular flexibility index (Phi) is 4.42. The molecule has 7 heteroatoms. The molecule has 2 N–H and O–H groups in total. The molecule has 2 aromatic rings. The van der Waals surface area contributed by atoms with Crippen LogP contribution in [0.3, 0.4) is 0 Å². The van der Waals surface area contributed by atoms with Gasteiger partial charge >= 0.3 is 0 Å². The number of tetrazole rings is 1. The number of rotatable bonds is 3. The third-order valence-electron chi connectivity index (χ3n) is 2.52. The molecule has 0 unspecified atom stereocenters. The van der Waals surface area contributed by atoms with Crippen molar-refractivity contribution in [2.75, 3.05) is 11.9 Å². The number of aromatic nitrogens is 4. The maximum absolute atomic E-state index is 11.8. The number of benzene rings is 1. The normalized spacial score (nSPS) is 9.70. The lowest BCUT2D eigenvalue weighted by molar-refractivity contribution is -0.116. The molecule has 0 saturated heterocycles. The van der Waals surface area contributed by atoms with Crippen molar-refractivity contribution in [2.45, 2.75) is 13.5 Å². The van der Waals surface area contributed by atoms with Crippen molar-refractivity contribution in [1.82, 2.24) is 20.2 Å². The van der Waals surface area contributed by atoms with E-state index >= 15 is 0 Å². The lowest BCUT2D eigenvalue weighted by atomic mass is 10.1. The third-order valence-corrected chi connectivity index (χ3v) is 2.52. The van der Waals surface area contributed by atoms with Crippen LogP contribution in [-0.4, -0.2) is 37.8 Å². The van der Waals surface area contributed by atoms with Crippen LogP contribution in [0.1, 0.15) is 11.1 Å². The Morgan fingerprint density at radius 2 is 2.35 bits per heavy atom. The van der Waals surface area contributed by atoms with Crippen LogP contribution >= 0.6 is 0 Å². The molecule has 7 nitrogen and oxygen atoms in total. The molecular weight excluding hydrogens is 258 g/mol. The molecule has 102 valence electrons. The molecule has 0 fully saturated rings. The van der Waals surface area contributed by atoms with Gasteiger partial charge in [-0.3, -0.25) is 4.79 Å². The summed E-state index contributed by atoms with van der Waals surface area (Å²) in [6.45, 7) is 1.75. The highest BCUT2D eigenvalue weighted by atomic mass is 16.2. The van der Waals surface area contributed by atoms with Gasteiger partial charge in [0.1, 0.15) is 19.5 Å². The zero-order chi connectivity index (χ0) is 14.4. The van der Waals surface area contributed by atoms with Crippen molar-refractivity contribution in [1.29, 1.82) is 0 Å². The number of nitrogens with one attached hydrogen (secondary N) is 1. The van der Waals surface area contributed by atoms with Crippen LogP contribution in [0.15, 0.2) is 24.5 Å². The molecule has 0 aliphatic carbocycles. The summed E-state index contributed by atoms with van der Waals surface area (Å²) in [7, 11) is 0. The number of aliphatic hydroxyl groups excluding tert-OH is 1. The van der Waals surface area contributed by atoms with E-state index < -0.39 is 0 Å². The van der Waals surface area contributed by atoms with Crippen LogP contribution < -0.4 is 5.32 Å². The molecule has 0 atom stereocenters. The van der Waals surface area contributed by atoms with E-state index in [1.54, 1.807) is 12.1 Å². The molecule has 0 aliphatic rings. The highest BCUT2D eigenvalue weighted by Gasteiger charge is 2.05. The Morgan fingerprint density at radius 3 is 3.05 bits per heavy atom. The quantitative estimate of drug-likeness (QED) is 0.764. The highest BCUT2D eigenvalue weighted by Crippen LogP contribution is 2.14. The summed E-state index contributed by atoms with van der Waals surface area (Å²) in [6.07, 6.45) is 1.37. The lowest BCUT2D eigenvalue weighted by Gasteiger charge is -2.06. The Labute approximate surface area is 115 Å². The lowest BCUT2D eigenvalue weighted by Crippen LogP contribution is -2.19. The van der Waals surface area contributed by atoms with Crippen LogP contribution in [0.5, 0.6) is 0 Å². The maximum atomic E-state index is 11.8. The minimum Gasteiger partial charge on any atom is -0.384 e. The van der Waals surface area contributed by atoms with E-state index in [4.69, 9.17) is 5.11 Å². The van der Waals surface area contributed by atoms with Crippen molar-refractivity contribution in [2.24, 2.45) is 0 Å². The molecule has 1 aromatic heterocycles. The topological polar surface area (TPSA) is 92.9 Å². The standard InChI is InChI=1S/C13H13N5O2/c1-10-4-5-12(7-11(10)3-2-6-19)15-13(20)8-18-9-14-16-17-18/h4-5,7,9,19H,6,8H2,1H3,(H,15,20). The Hall–Kier alpha value is -2.72. The van der Waals surface area contributed by atoms with Crippen molar-refractivity contribution in [3.63, 3.8) is 0 Å². The molecule has 1 amide bonds. The van der Waals surface area contributed by atoms with Crippen LogP contribution in [-0.2, 0) is 11.3 Å². The number of aryl methyl sites for hydroxylation is 1. The SMILES string of the molecule is Cc1ccc(NC(=O)Cn2cnnn2)cc1C#CCO. The summed E-state index contributed by atoms with van der Waals surface area (Å²) in [5, 5.41) is 22.0. The summed E-state index contributed by atoms with van der Waals surface area (Å²) in [5.74, 6) is 5.18. The summed E-state index contributed by atoms with van der Waals surface area (Å²) in [5.41, 5.74) is 2.37. The van der Waals surface area contributed by atoms with E-state index in [0.29, 0.717) is 5.69 Å². The number of nitrogens with zero attached hydrogens (tertiary/aromatic N) is 4. The van der Waals surface area contributed by atoms with Gasteiger partial charge in [-0.2, -0.15) is 0 Å². The Morgan fingerprint density at radius 1 is 1.50 bits per heavy atom. The summed E-state index contributed by atoms with van der Waals surface area (Å²) >= 11 is 0. The third kappa shape index (κ3) is 3.63. The first-order valence-electron chi connectivity index (χ1n) is 5.90. The van der Waals surface area contributed by atoms with Gasteiger partial charge in [0.25, 0.3) is 0 Å². The van der Waals surface area contributed by atoms with Crippen molar-refractivity contribution in [3.05, 3.63) is 35.7 Å². The number of hydrogen-bond acceptors (Lipinski definition) is 5. The van der Waals surface area contributed by atoms with Gasteiger partial charge in [0.15, 0.2) is 0 Å². The number of anilines is 1. The fourth-order valence-corrected chi connectivity index (χ4v) is 1.57. The second-order valence-corrected chi connectivity index (χ2v) is 4.05. The zero-order valence-electron chi connectivity index (χ0n) is 10.9. The fourth-order valence-electron chi connectivity index (χ4n) is 1.57. The van der Waals surface area contributed by atoms with E-state index in [-0.39, 0.29) is 19.1 Å². The average Bonchev–Trinajstić information content (AvgIpc) is 2.92. The second-order valence-electron chi connectivity index (χ2n) is 4.05. The van der Waals surface area contributed by atoms with Gasteiger partial charge in [-0.25, -0.2) is 4.68 Å². The summed E-state index contributed by atoms with van der Waals surface area (Å²) < 4.78 is 1.33. The number of hydrogen-bond donors (Lipinski definition) is 2. The Balaban J connectivity index is 2.07. The largest absolute Gasteiger partial charge is 0.384 e. The van der Waals surface area contributed by atoms with Crippen molar-refractivity contribution in [3.8, 4) is 11.8 Å². The van der Waals surface area contributed by atoms with Gasteiger partial charge in [0.2, 0.25) is 5.91 Å². The molecule has 0 radical (unpaired) electrons. The predicted molar refractivity (Wildman–Crippen MR) is 71.6 cm³/mol. The first kappa shape index (κ1) is 13.7. The number of aliphatic hydroxyl groups is 1. The summed E-state index contributed by atoms with van der Waals surface area (Å²) in [6, 6.07) is 5.40. The minimum atomic E-state index is -0.234. The van der Waals surface area contributed by atoms with Gasteiger partial charge in [0.05, 0.1) is 0 Å². The number of amides is 1. The maximum Gasteiger partial charge on any atom is 0.246 e. The second kappa shape index (κ2) is 6.45. The van der Waals surface area contributed by atoms with Gasteiger partial charge in [-0.05, 0) is 35.0 Å². The Bertz CT molecular complexity index is 655. The average molecular weight is 271 g/mol. The number of carbonyl (C=O) groups excluding carboxylic acids is 1. The van der Waals surface area contributed by atoms with E-state index in [2.05, 4.69) is 32.7 Å². The molecule has 0 spiro atoms. The smallest absolute Gasteiger partial charge is 0.246 e. The highest BCUT2D eigenvalue weighted by molar-refractivity contribution is 5.90. The molecule has 1 heterocycles. The monoisotopic (exact) mass is 271 g/mol. The summed E-state index contributed by atoms with van der Waals surface area (Å²) in [4.78, 5) is 11.8. The predicted octanol–water partition coefficient (Wildman–Crippen LogP) is -0.0360. The molecule has 2 rings (SSSR count). The van der Waals surface area contributed by atoms with E-state index in [1.165, 1.54) is 11.0 Å². The minimum absolute atomic E-state index is 0.0402. The van der Waals surface area contributed by atoms with Crippen molar-refractivity contribution < 1.29 is 9.90 Å². The molecular formula is C13H13N5O2. The molecule has 0 bridgehead atoms. The van der Waals surface area contributed by atoms with Crippen LogP contribution in [0, 0.1) is 18.8 Å². The van der Waals surface area contributed by atoms with E-state index in [1.807, 2.05) is 13.0 Å². The van der Waals surface area contributed by atoms with Gasteiger partial charge in [0, 0.05) is 11.3 Å². The molecule has 0 aliphatic heterocycles. The van der Waals surface area contributed by atoms with E-state index in [0.717, 1.165) is 11.1 Å². The van der Waals surface area contributed by atoms with Crippen LogP contribution in [0.2, 0.25) is 0 Å². The number of carbonyl (C=O) groups is 1. The fraction of sp³-hybridized carbons (Fsp3) is 0.231. The van der Waals surface area contributed by atoms with Gasteiger partial charge in [-0.1, -0.05) is 17.9 Å². The first-order valence-corrected chi connectivity index (χ1v) is 5.90. The molecule has 0 saturated carbocycles. The zero-order valence-corrected chi connectivity index (χ0v) is 10.9. The first-order chi connectivity index (χ1) is 9.69. The van der Waals surface area contributed by atoms with Crippen molar-refractivity contribution >= 4 is 11.6 Å². The van der Waals surface area contributed by atoms with Crippen LogP contribution in [0.25, 0.3) is 0 Å². The van der Waals surface area contributed by atoms with Crippen LogP contribution in [0.4, 0.5) is 5.69 Å². The van der Waals surface area contributed by atoms with Gasteiger partial charge < -0.3 is 10.4 Å². The molecule has 20 heavy (non-hydrogen) atoms. The molecule has 1 aromatic carbocycles.